The van der Waals surface area contributed by atoms with Gasteiger partial charge in [-0.25, -0.2) is 4.39 Å². The zero-order valence-corrected chi connectivity index (χ0v) is 12.7. The van der Waals surface area contributed by atoms with Gasteiger partial charge in [0.2, 0.25) is 0 Å². The van der Waals surface area contributed by atoms with Crippen molar-refractivity contribution in [3.8, 4) is 0 Å². The van der Waals surface area contributed by atoms with Crippen LogP contribution in [0.1, 0.15) is 29.7 Å². The zero-order valence-electron chi connectivity index (χ0n) is 10.3. The second-order valence-corrected chi connectivity index (χ2v) is 5.76. The lowest BCUT2D eigenvalue weighted by atomic mass is 9.96. The predicted octanol–water partition coefficient (Wildman–Crippen LogP) is 4.66. The number of hydrogen-bond acceptors (Lipinski definition) is 2. The van der Waals surface area contributed by atoms with Gasteiger partial charge in [-0.1, -0.05) is 13.0 Å². The first-order chi connectivity index (χ1) is 8.63. The van der Waals surface area contributed by atoms with Gasteiger partial charge in [-0.3, -0.25) is 0 Å². The van der Waals surface area contributed by atoms with Crippen molar-refractivity contribution in [2.45, 2.75) is 19.9 Å². The van der Waals surface area contributed by atoms with Gasteiger partial charge in [0.25, 0.3) is 0 Å². The molecule has 2 aromatic rings. The smallest absolute Gasteiger partial charge is 0.123 e. The normalized spacial score (nSPS) is 12.7. The fraction of sp³-hybridized carbons (Fsp3) is 0.286. The van der Waals surface area contributed by atoms with E-state index in [1.54, 1.807) is 17.4 Å². The molecule has 18 heavy (non-hydrogen) atoms. The van der Waals surface area contributed by atoms with Crippen LogP contribution in [0.4, 0.5) is 4.39 Å². The Morgan fingerprint density at radius 1 is 1.33 bits per heavy atom. The standard InChI is InChI=1S/C14H15BrFNS/c1-3-17-14(12-7-18-8-13(12)15)11-6-10(16)5-4-9(11)2/h4-8,14,17H,3H2,1-2H3. The van der Waals surface area contributed by atoms with Gasteiger partial charge >= 0.3 is 0 Å². The zero-order chi connectivity index (χ0) is 13.1. The third-order valence-electron chi connectivity index (χ3n) is 2.91. The van der Waals surface area contributed by atoms with Gasteiger partial charge in [-0.05, 0) is 63.6 Å². The molecule has 0 aliphatic rings. The van der Waals surface area contributed by atoms with E-state index in [0.717, 1.165) is 27.7 Å². The SMILES string of the molecule is CCNC(c1cc(F)ccc1C)c1cscc1Br. The van der Waals surface area contributed by atoms with E-state index in [1.165, 1.54) is 6.07 Å². The van der Waals surface area contributed by atoms with Crippen molar-refractivity contribution < 1.29 is 4.39 Å². The second-order valence-electron chi connectivity index (χ2n) is 4.17. The first-order valence-corrected chi connectivity index (χ1v) is 7.58. The van der Waals surface area contributed by atoms with Crippen LogP contribution in [-0.2, 0) is 0 Å². The van der Waals surface area contributed by atoms with Crippen molar-refractivity contribution in [1.82, 2.24) is 5.32 Å². The highest BCUT2D eigenvalue weighted by molar-refractivity contribution is 9.10. The molecule has 96 valence electrons. The lowest BCUT2D eigenvalue weighted by molar-refractivity contribution is 0.600. The van der Waals surface area contributed by atoms with Crippen LogP contribution in [0.2, 0.25) is 0 Å². The molecule has 0 aliphatic carbocycles. The van der Waals surface area contributed by atoms with Crippen molar-refractivity contribution >= 4 is 27.3 Å². The maximum Gasteiger partial charge on any atom is 0.123 e. The van der Waals surface area contributed by atoms with Gasteiger partial charge in [0.1, 0.15) is 5.82 Å². The molecular weight excluding hydrogens is 313 g/mol. The molecule has 1 aromatic heterocycles. The molecule has 0 radical (unpaired) electrons. The van der Waals surface area contributed by atoms with Crippen LogP contribution in [0.5, 0.6) is 0 Å². The molecule has 0 saturated carbocycles. The highest BCUT2D eigenvalue weighted by Gasteiger charge is 2.18. The van der Waals surface area contributed by atoms with Gasteiger partial charge in [0, 0.05) is 9.85 Å². The van der Waals surface area contributed by atoms with Gasteiger partial charge in [0.05, 0.1) is 6.04 Å². The average molecular weight is 328 g/mol. The monoisotopic (exact) mass is 327 g/mol. The van der Waals surface area contributed by atoms with Crippen LogP contribution >= 0.6 is 27.3 Å². The van der Waals surface area contributed by atoms with E-state index in [-0.39, 0.29) is 11.9 Å². The largest absolute Gasteiger partial charge is 0.306 e. The summed E-state index contributed by atoms with van der Waals surface area (Å²) in [7, 11) is 0. The van der Waals surface area contributed by atoms with E-state index in [0.29, 0.717) is 0 Å². The maximum atomic E-state index is 13.5. The van der Waals surface area contributed by atoms with Crippen LogP contribution in [0.25, 0.3) is 0 Å². The minimum absolute atomic E-state index is 0.0336. The van der Waals surface area contributed by atoms with Crippen LogP contribution in [0.15, 0.2) is 33.4 Å². The Morgan fingerprint density at radius 2 is 2.11 bits per heavy atom. The van der Waals surface area contributed by atoms with Crippen molar-refractivity contribution in [2.75, 3.05) is 6.54 Å². The number of thiophene rings is 1. The van der Waals surface area contributed by atoms with Crippen LogP contribution in [0, 0.1) is 12.7 Å². The van der Waals surface area contributed by atoms with E-state index < -0.39 is 0 Å². The maximum absolute atomic E-state index is 13.5. The molecule has 0 spiro atoms. The fourth-order valence-corrected chi connectivity index (χ4v) is 3.56. The van der Waals surface area contributed by atoms with Gasteiger partial charge < -0.3 is 5.32 Å². The lowest BCUT2D eigenvalue weighted by Gasteiger charge is -2.20. The Balaban J connectivity index is 2.48. The van der Waals surface area contributed by atoms with Crippen LogP contribution in [-0.4, -0.2) is 6.54 Å². The summed E-state index contributed by atoms with van der Waals surface area (Å²) in [6, 6.07) is 4.98. The fourth-order valence-electron chi connectivity index (χ4n) is 2.01. The highest BCUT2D eigenvalue weighted by atomic mass is 79.9. The average Bonchev–Trinajstić information content (AvgIpc) is 2.76. The molecule has 0 fully saturated rings. The van der Waals surface area contributed by atoms with Crippen molar-refractivity contribution in [1.29, 1.82) is 0 Å². The van der Waals surface area contributed by atoms with Gasteiger partial charge in [-0.2, -0.15) is 11.3 Å². The molecule has 0 saturated heterocycles. The summed E-state index contributed by atoms with van der Waals surface area (Å²) in [6.45, 7) is 4.91. The lowest BCUT2D eigenvalue weighted by Crippen LogP contribution is -2.22. The van der Waals surface area contributed by atoms with Gasteiger partial charge in [-0.15, -0.1) is 0 Å². The number of hydrogen-bond donors (Lipinski definition) is 1. The first-order valence-electron chi connectivity index (χ1n) is 5.84. The number of aryl methyl sites for hydroxylation is 1. The summed E-state index contributed by atoms with van der Waals surface area (Å²) in [5, 5.41) is 7.57. The van der Waals surface area contributed by atoms with E-state index in [2.05, 4.69) is 33.6 Å². The molecule has 4 heteroatoms. The first kappa shape index (κ1) is 13.7. The summed E-state index contributed by atoms with van der Waals surface area (Å²) in [4.78, 5) is 0. The third-order valence-corrected chi connectivity index (χ3v) is 4.67. The number of benzene rings is 1. The Hall–Kier alpha value is -0.710. The summed E-state index contributed by atoms with van der Waals surface area (Å²) in [5.74, 6) is -0.190. The van der Waals surface area contributed by atoms with Crippen molar-refractivity contribution in [3.05, 3.63) is 55.9 Å². The molecule has 1 N–H and O–H groups in total. The quantitative estimate of drug-likeness (QED) is 0.861. The van der Waals surface area contributed by atoms with Crippen molar-refractivity contribution in [2.24, 2.45) is 0 Å². The molecular formula is C14H15BrFNS. The Labute approximate surface area is 119 Å². The highest BCUT2D eigenvalue weighted by Crippen LogP contribution is 2.33. The third kappa shape index (κ3) is 2.82. The molecule has 0 aliphatic heterocycles. The molecule has 0 amide bonds. The summed E-state index contributed by atoms with van der Waals surface area (Å²) < 4.78 is 14.5. The minimum Gasteiger partial charge on any atom is -0.306 e. The molecule has 1 heterocycles. The molecule has 1 nitrogen and oxygen atoms in total. The molecule has 1 unspecified atom stereocenters. The van der Waals surface area contributed by atoms with Crippen LogP contribution < -0.4 is 5.32 Å². The number of halogens is 2. The van der Waals surface area contributed by atoms with Gasteiger partial charge in [0.15, 0.2) is 0 Å². The van der Waals surface area contributed by atoms with E-state index in [9.17, 15) is 4.39 Å². The molecule has 1 aromatic carbocycles. The minimum atomic E-state index is -0.190. The van der Waals surface area contributed by atoms with Crippen LogP contribution in [0.3, 0.4) is 0 Å². The Bertz CT molecular complexity index is 538. The summed E-state index contributed by atoms with van der Waals surface area (Å²) in [5.41, 5.74) is 3.26. The second kappa shape index (κ2) is 5.95. The topological polar surface area (TPSA) is 12.0 Å². The molecule has 0 bridgehead atoms. The number of rotatable bonds is 4. The van der Waals surface area contributed by atoms with Crippen molar-refractivity contribution in [3.63, 3.8) is 0 Å². The van der Waals surface area contributed by atoms with E-state index >= 15 is 0 Å². The predicted molar refractivity (Wildman–Crippen MR) is 78.7 cm³/mol. The molecule has 2 rings (SSSR count). The molecule has 1 atom stereocenters. The summed E-state index contributed by atoms with van der Waals surface area (Å²) >= 11 is 5.20. The Kier molecular flexibility index (Phi) is 4.54. The van der Waals surface area contributed by atoms with E-state index in [1.807, 2.05) is 18.4 Å². The number of nitrogens with one attached hydrogen (secondary N) is 1. The Morgan fingerprint density at radius 3 is 2.72 bits per heavy atom. The van der Waals surface area contributed by atoms with E-state index in [4.69, 9.17) is 0 Å². The summed E-state index contributed by atoms with van der Waals surface area (Å²) in [6.07, 6.45) is 0.